The topological polar surface area (TPSA) is 123 Å². The fourth-order valence-corrected chi connectivity index (χ4v) is 4.56. The summed E-state index contributed by atoms with van der Waals surface area (Å²) in [6.07, 6.45) is 9.18. The SMILES string of the molecule is O=C(Nc1ccc2[nH]cc(C3=CCN4CCCC4C3)c2c1)c1ccc(F)cc1.O=C(O)/C=C/C(=O)O. The Bertz CT molecular complexity index is 1330. The molecule has 0 aliphatic carbocycles. The van der Waals surface area contributed by atoms with Crippen molar-refractivity contribution in [3.63, 3.8) is 0 Å². The summed E-state index contributed by atoms with van der Waals surface area (Å²) in [5.74, 6) is -3.11. The number of aromatic nitrogens is 1. The Hall–Kier alpha value is -4.24. The lowest BCUT2D eigenvalue weighted by Crippen LogP contribution is -2.32. The van der Waals surface area contributed by atoms with E-state index in [4.69, 9.17) is 10.2 Å². The van der Waals surface area contributed by atoms with E-state index in [2.05, 4.69) is 27.5 Å². The standard InChI is InChI=1S/C23H22FN3O.C4H4O4/c24-17-5-3-15(4-6-17)23(28)26-18-7-8-22-20(13-18)21(14-25-22)16-9-11-27-10-1-2-19(27)12-16;5-3(6)1-2-4(7)8/h3-9,13-14,19,25H,1-2,10-12H2,(H,26,28);1-2H,(H,5,6)(H,7,8)/b;2-1+. The van der Waals surface area contributed by atoms with Crippen molar-refractivity contribution < 1.29 is 29.0 Å². The number of carboxylic acid groups (broad SMARTS) is 2. The monoisotopic (exact) mass is 491 g/mol. The summed E-state index contributed by atoms with van der Waals surface area (Å²) < 4.78 is 13.1. The lowest BCUT2D eigenvalue weighted by Gasteiger charge is -2.29. The van der Waals surface area contributed by atoms with Crippen LogP contribution in [0.4, 0.5) is 10.1 Å². The second-order valence-corrected chi connectivity index (χ2v) is 8.66. The van der Waals surface area contributed by atoms with Gasteiger partial charge in [0.1, 0.15) is 5.82 Å². The maximum absolute atomic E-state index is 13.1. The van der Waals surface area contributed by atoms with Crippen molar-refractivity contribution in [3.8, 4) is 0 Å². The minimum Gasteiger partial charge on any atom is -0.478 e. The van der Waals surface area contributed by atoms with Crippen LogP contribution in [0.5, 0.6) is 0 Å². The number of carboxylic acids is 2. The summed E-state index contributed by atoms with van der Waals surface area (Å²) in [6.45, 7) is 2.23. The highest BCUT2D eigenvalue weighted by Gasteiger charge is 2.28. The van der Waals surface area contributed by atoms with Crippen LogP contribution in [0.15, 0.2) is 66.9 Å². The molecule has 1 unspecified atom stereocenters. The molecule has 4 N–H and O–H groups in total. The molecule has 1 aromatic heterocycles. The Morgan fingerprint density at radius 1 is 1.06 bits per heavy atom. The first-order valence-corrected chi connectivity index (χ1v) is 11.6. The number of anilines is 1. The van der Waals surface area contributed by atoms with Crippen molar-refractivity contribution >= 4 is 40.0 Å². The predicted molar refractivity (Wildman–Crippen MR) is 134 cm³/mol. The summed E-state index contributed by atoms with van der Waals surface area (Å²) >= 11 is 0. The van der Waals surface area contributed by atoms with Gasteiger partial charge in [-0.3, -0.25) is 9.69 Å². The van der Waals surface area contributed by atoms with Gasteiger partial charge >= 0.3 is 11.9 Å². The first-order valence-electron chi connectivity index (χ1n) is 11.6. The van der Waals surface area contributed by atoms with E-state index in [-0.39, 0.29) is 11.7 Å². The third kappa shape index (κ3) is 6.05. The van der Waals surface area contributed by atoms with Gasteiger partial charge in [0, 0.05) is 58.7 Å². The summed E-state index contributed by atoms with van der Waals surface area (Å²) in [5.41, 5.74) is 4.84. The van der Waals surface area contributed by atoms with E-state index in [1.54, 1.807) is 0 Å². The highest BCUT2D eigenvalue weighted by atomic mass is 19.1. The first-order chi connectivity index (χ1) is 17.3. The van der Waals surface area contributed by atoms with Crippen LogP contribution in [-0.2, 0) is 9.59 Å². The highest BCUT2D eigenvalue weighted by molar-refractivity contribution is 6.05. The zero-order valence-corrected chi connectivity index (χ0v) is 19.4. The molecule has 1 atom stereocenters. The van der Waals surface area contributed by atoms with Crippen molar-refractivity contribution in [2.24, 2.45) is 0 Å². The Morgan fingerprint density at radius 3 is 2.47 bits per heavy atom. The van der Waals surface area contributed by atoms with Crippen molar-refractivity contribution in [1.29, 1.82) is 0 Å². The summed E-state index contributed by atoms with van der Waals surface area (Å²) in [5, 5.41) is 19.7. The van der Waals surface area contributed by atoms with Gasteiger partial charge in [0.25, 0.3) is 5.91 Å². The van der Waals surface area contributed by atoms with Crippen LogP contribution in [0.3, 0.4) is 0 Å². The van der Waals surface area contributed by atoms with Gasteiger partial charge in [0.15, 0.2) is 0 Å². The van der Waals surface area contributed by atoms with Crippen LogP contribution >= 0.6 is 0 Å². The molecule has 5 rings (SSSR count). The van der Waals surface area contributed by atoms with Gasteiger partial charge in [-0.2, -0.15) is 0 Å². The molecule has 0 saturated carbocycles. The molecule has 2 aromatic carbocycles. The molecule has 3 heterocycles. The number of carbonyl (C=O) groups is 3. The van der Waals surface area contributed by atoms with Crippen LogP contribution in [-0.4, -0.2) is 57.1 Å². The number of aliphatic carboxylic acids is 2. The number of hydrogen-bond donors (Lipinski definition) is 4. The second kappa shape index (κ2) is 11.0. The number of fused-ring (bicyclic) bond motifs is 2. The number of nitrogens with zero attached hydrogens (tertiary/aromatic N) is 1. The molecule has 2 aliphatic heterocycles. The molecular formula is C27H26FN3O5. The van der Waals surface area contributed by atoms with Crippen molar-refractivity contribution in [2.45, 2.75) is 25.3 Å². The molecule has 0 spiro atoms. The fraction of sp³-hybridized carbons (Fsp3) is 0.222. The van der Waals surface area contributed by atoms with E-state index < -0.39 is 11.9 Å². The fourth-order valence-electron chi connectivity index (χ4n) is 4.56. The summed E-state index contributed by atoms with van der Waals surface area (Å²) in [7, 11) is 0. The molecule has 0 bridgehead atoms. The number of aromatic amines is 1. The molecule has 8 nitrogen and oxygen atoms in total. The Morgan fingerprint density at radius 2 is 1.78 bits per heavy atom. The summed E-state index contributed by atoms with van der Waals surface area (Å²) in [4.78, 5) is 37.5. The number of amides is 1. The molecule has 9 heteroatoms. The molecule has 0 radical (unpaired) electrons. The minimum atomic E-state index is -1.26. The van der Waals surface area contributed by atoms with E-state index in [9.17, 15) is 18.8 Å². The lowest BCUT2D eigenvalue weighted by molar-refractivity contribution is -0.134. The number of hydrogen-bond acceptors (Lipinski definition) is 4. The van der Waals surface area contributed by atoms with Crippen LogP contribution < -0.4 is 5.32 Å². The van der Waals surface area contributed by atoms with Crippen molar-refractivity contribution in [3.05, 3.63) is 83.8 Å². The van der Waals surface area contributed by atoms with E-state index in [1.807, 2.05) is 18.2 Å². The van der Waals surface area contributed by atoms with Crippen LogP contribution in [0.1, 0.15) is 35.2 Å². The Kier molecular flexibility index (Phi) is 7.60. The third-order valence-corrected chi connectivity index (χ3v) is 6.29. The van der Waals surface area contributed by atoms with E-state index in [0.29, 0.717) is 23.8 Å². The number of rotatable bonds is 5. The molecule has 186 valence electrons. The molecular weight excluding hydrogens is 465 g/mol. The quantitative estimate of drug-likeness (QED) is 0.389. The normalized spacial score (nSPS) is 17.2. The van der Waals surface area contributed by atoms with Gasteiger partial charge in [0.2, 0.25) is 0 Å². The molecule has 1 fully saturated rings. The zero-order valence-electron chi connectivity index (χ0n) is 19.4. The van der Waals surface area contributed by atoms with Gasteiger partial charge in [-0.05, 0) is 73.8 Å². The van der Waals surface area contributed by atoms with Crippen LogP contribution in [0.2, 0.25) is 0 Å². The average Bonchev–Trinajstić information content (AvgIpc) is 3.49. The maximum Gasteiger partial charge on any atom is 0.328 e. The molecule has 2 aliphatic rings. The maximum atomic E-state index is 13.1. The average molecular weight is 492 g/mol. The number of H-pyrrole nitrogens is 1. The first kappa shape index (κ1) is 24.9. The van der Waals surface area contributed by atoms with Gasteiger partial charge in [-0.1, -0.05) is 6.08 Å². The molecule has 1 saturated heterocycles. The van der Waals surface area contributed by atoms with E-state index >= 15 is 0 Å². The Balaban J connectivity index is 0.000000331. The number of halogens is 1. The number of nitrogens with one attached hydrogen (secondary N) is 2. The van der Waals surface area contributed by atoms with Gasteiger partial charge in [-0.25, -0.2) is 14.0 Å². The van der Waals surface area contributed by atoms with Gasteiger partial charge < -0.3 is 20.5 Å². The van der Waals surface area contributed by atoms with Crippen molar-refractivity contribution in [2.75, 3.05) is 18.4 Å². The van der Waals surface area contributed by atoms with Crippen LogP contribution in [0.25, 0.3) is 16.5 Å². The van der Waals surface area contributed by atoms with E-state index in [1.165, 1.54) is 54.8 Å². The molecule has 1 amide bonds. The van der Waals surface area contributed by atoms with Gasteiger partial charge in [0.05, 0.1) is 0 Å². The second-order valence-electron chi connectivity index (χ2n) is 8.66. The van der Waals surface area contributed by atoms with E-state index in [0.717, 1.165) is 29.6 Å². The predicted octanol–water partition coefficient (Wildman–Crippen LogP) is 4.52. The zero-order chi connectivity index (χ0) is 25.7. The Labute approximate surface area is 206 Å². The highest BCUT2D eigenvalue weighted by Crippen LogP contribution is 2.35. The smallest absolute Gasteiger partial charge is 0.328 e. The third-order valence-electron chi connectivity index (χ3n) is 6.29. The van der Waals surface area contributed by atoms with Gasteiger partial charge in [-0.15, -0.1) is 0 Å². The molecule has 36 heavy (non-hydrogen) atoms. The number of carbonyl (C=O) groups excluding carboxylic acids is 1. The number of benzene rings is 2. The lowest BCUT2D eigenvalue weighted by atomic mass is 9.94. The van der Waals surface area contributed by atoms with Crippen molar-refractivity contribution in [1.82, 2.24) is 9.88 Å². The summed E-state index contributed by atoms with van der Waals surface area (Å²) in [6, 6.07) is 12.1. The van der Waals surface area contributed by atoms with Crippen LogP contribution in [0, 0.1) is 5.82 Å². The molecule has 3 aromatic rings. The minimum absolute atomic E-state index is 0.241. The largest absolute Gasteiger partial charge is 0.478 e.